The monoisotopic (exact) mass is 213 g/mol. The molecule has 0 heterocycles. The van der Waals surface area contributed by atoms with E-state index >= 15 is 0 Å². The Hall–Kier alpha value is 0. The number of rotatable bonds is 5. The number of carbonyl (C=O) groups is 1. The molecule has 0 aliphatic carbocycles. The molecule has 0 aromatic heterocycles. The molecule has 0 aromatic rings. The van der Waals surface area contributed by atoms with Crippen molar-refractivity contribution in [3.63, 3.8) is 0 Å². The molecule has 0 radical (unpaired) electrons. The average molecular weight is 213 g/mol. The molecule has 0 bridgehead atoms. The topological polar surface area (TPSA) is 104 Å². The molecule has 12 heavy (non-hydrogen) atoms. The Morgan fingerprint density at radius 3 is 2.42 bits per heavy atom. The number of hydrogen-bond acceptors (Lipinski definition) is 3. The second-order valence-electron chi connectivity index (χ2n) is 2.48. The van der Waals surface area contributed by atoms with Crippen LogP contribution < -0.4 is 5.73 Å². The Bertz CT molecular complexity index is 204. The molecule has 0 aliphatic rings. The second kappa shape index (κ2) is 4.89. The summed E-state index contributed by atoms with van der Waals surface area (Å²) in [6, 6.07) is -0.938. The van der Waals surface area contributed by atoms with Crippen molar-refractivity contribution in [2.45, 2.75) is 18.9 Å². The van der Waals surface area contributed by atoms with Gasteiger partial charge < -0.3 is 20.6 Å². The van der Waals surface area contributed by atoms with Gasteiger partial charge in [0, 0.05) is 6.16 Å². The zero-order valence-electron chi connectivity index (χ0n) is 6.38. The van der Waals surface area contributed by atoms with Gasteiger partial charge in [-0.25, -0.2) is 0 Å². The fraction of sp³-hybridized carbons (Fsp3) is 0.800. The first-order chi connectivity index (χ1) is 5.33. The first kappa shape index (κ1) is 12.0. The van der Waals surface area contributed by atoms with E-state index in [2.05, 4.69) is 11.8 Å². The van der Waals surface area contributed by atoms with Gasteiger partial charge in [0.15, 0.2) is 6.49 Å². The first-order valence-corrected chi connectivity index (χ1v) is 6.25. The van der Waals surface area contributed by atoms with Crippen molar-refractivity contribution in [2.24, 2.45) is 5.73 Å². The van der Waals surface area contributed by atoms with Crippen LogP contribution in [0.2, 0.25) is 0 Å². The van der Waals surface area contributed by atoms with E-state index in [9.17, 15) is 4.79 Å². The van der Waals surface area contributed by atoms with Crippen LogP contribution in [0.15, 0.2) is 0 Å². The summed E-state index contributed by atoms with van der Waals surface area (Å²) in [5.74, 6) is -1.08. The zero-order chi connectivity index (χ0) is 9.78. The van der Waals surface area contributed by atoms with Crippen LogP contribution in [0.1, 0.15) is 12.8 Å². The summed E-state index contributed by atoms with van der Waals surface area (Å²) < 4.78 is 0. The van der Waals surface area contributed by atoms with Crippen LogP contribution in [-0.2, 0) is 16.6 Å². The molecule has 0 amide bonds. The second-order valence-corrected chi connectivity index (χ2v) is 6.01. The van der Waals surface area contributed by atoms with Crippen molar-refractivity contribution in [3.05, 3.63) is 0 Å². The lowest BCUT2D eigenvalue weighted by atomic mass is 10.2. The molecule has 1 atom stereocenters. The van der Waals surface area contributed by atoms with E-state index in [4.69, 9.17) is 20.6 Å². The smallest absolute Gasteiger partial charge is 0.320 e. The van der Waals surface area contributed by atoms with Gasteiger partial charge in [-0.05, 0) is 24.6 Å². The summed E-state index contributed by atoms with van der Waals surface area (Å²) in [5.41, 5.74) is 5.16. The minimum absolute atomic E-state index is 0.0588. The zero-order valence-corrected chi connectivity index (χ0v) is 8.09. The molecular weight excluding hydrogens is 201 g/mol. The molecule has 0 spiro atoms. The summed E-state index contributed by atoms with van der Waals surface area (Å²) in [5, 5.41) is 8.34. The van der Waals surface area contributed by atoms with Crippen molar-refractivity contribution < 1.29 is 19.7 Å². The van der Waals surface area contributed by atoms with Gasteiger partial charge in [0.05, 0.1) is 0 Å². The van der Waals surface area contributed by atoms with Crippen molar-refractivity contribution in [3.8, 4) is 0 Å². The minimum Gasteiger partial charge on any atom is -0.480 e. The molecule has 0 aromatic carbocycles. The highest BCUT2D eigenvalue weighted by Crippen LogP contribution is 2.35. The van der Waals surface area contributed by atoms with Crippen LogP contribution in [0.25, 0.3) is 0 Å². The van der Waals surface area contributed by atoms with Gasteiger partial charge in [0.1, 0.15) is 6.04 Å². The van der Waals surface area contributed by atoms with Gasteiger partial charge in [-0.15, -0.1) is 0 Å². The number of carboxylic acids is 1. The molecule has 0 rings (SSSR count). The Morgan fingerprint density at radius 2 is 2.08 bits per heavy atom. The van der Waals surface area contributed by atoms with Crippen LogP contribution in [0, 0.1) is 0 Å². The van der Waals surface area contributed by atoms with Gasteiger partial charge in [-0.3, -0.25) is 4.79 Å². The summed E-state index contributed by atoms with van der Waals surface area (Å²) in [4.78, 5) is 27.7. The SMILES string of the molecule is N[C@H](CCCP(O)(O)=S)C(=O)O. The van der Waals surface area contributed by atoms with Crippen LogP contribution >= 0.6 is 6.49 Å². The van der Waals surface area contributed by atoms with Gasteiger partial charge >= 0.3 is 5.97 Å². The van der Waals surface area contributed by atoms with Crippen molar-refractivity contribution >= 4 is 24.3 Å². The van der Waals surface area contributed by atoms with Crippen molar-refractivity contribution in [1.29, 1.82) is 0 Å². The lowest BCUT2D eigenvalue weighted by molar-refractivity contribution is -0.138. The number of nitrogens with two attached hydrogens (primary N) is 1. The van der Waals surface area contributed by atoms with Gasteiger partial charge in [-0.2, -0.15) is 0 Å². The highest BCUT2D eigenvalue weighted by molar-refractivity contribution is 8.09. The van der Waals surface area contributed by atoms with Crippen LogP contribution in [-0.4, -0.2) is 33.1 Å². The lowest BCUT2D eigenvalue weighted by Crippen LogP contribution is -2.29. The summed E-state index contributed by atoms with van der Waals surface area (Å²) >= 11 is 4.34. The molecule has 5 N–H and O–H groups in total. The third-order valence-corrected chi connectivity index (χ3v) is 2.73. The Labute approximate surface area is 75.4 Å². The van der Waals surface area contributed by atoms with Crippen LogP contribution in [0.5, 0.6) is 0 Å². The predicted molar refractivity (Wildman–Crippen MR) is 48.4 cm³/mol. The molecule has 0 saturated carbocycles. The summed E-state index contributed by atoms with van der Waals surface area (Å²) in [6.45, 7) is -3.17. The Balaban J connectivity index is 3.58. The van der Waals surface area contributed by atoms with Crippen molar-refractivity contribution in [2.75, 3.05) is 6.16 Å². The van der Waals surface area contributed by atoms with Crippen LogP contribution in [0.3, 0.4) is 0 Å². The molecule has 0 unspecified atom stereocenters. The van der Waals surface area contributed by atoms with Crippen molar-refractivity contribution in [1.82, 2.24) is 0 Å². The lowest BCUT2D eigenvalue weighted by Gasteiger charge is -2.08. The highest BCUT2D eigenvalue weighted by atomic mass is 32.5. The summed E-state index contributed by atoms with van der Waals surface area (Å²) in [7, 11) is 0. The quantitative estimate of drug-likeness (QED) is 0.458. The fourth-order valence-corrected chi connectivity index (χ4v) is 1.62. The van der Waals surface area contributed by atoms with E-state index in [1.807, 2.05) is 0 Å². The van der Waals surface area contributed by atoms with Gasteiger partial charge in [-0.1, -0.05) is 0 Å². The van der Waals surface area contributed by atoms with Gasteiger partial charge in [0.2, 0.25) is 0 Å². The van der Waals surface area contributed by atoms with E-state index < -0.39 is 18.5 Å². The molecule has 0 fully saturated rings. The Kier molecular flexibility index (Phi) is 4.89. The summed E-state index contributed by atoms with van der Waals surface area (Å²) in [6.07, 6.45) is 0.607. The van der Waals surface area contributed by atoms with E-state index in [0.29, 0.717) is 6.42 Å². The number of aliphatic carboxylic acids is 1. The maximum atomic E-state index is 10.2. The third-order valence-electron chi connectivity index (χ3n) is 1.28. The molecule has 72 valence electrons. The van der Waals surface area contributed by atoms with E-state index in [1.165, 1.54) is 0 Å². The van der Waals surface area contributed by atoms with E-state index in [1.54, 1.807) is 0 Å². The molecule has 0 saturated heterocycles. The maximum absolute atomic E-state index is 10.2. The van der Waals surface area contributed by atoms with E-state index in [-0.39, 0.29) is 12.6 Å². The molecule has 5 nitrogen and oxygen atoms in total. The average Bonchev–Trinajstić information content (AvgIpc) is 1.84. The van der Waals surface area contributed by atoms with Crippen LogP contribution in [0.4, 0.5) is 0 Å². The van der Waals surface area contributed by atoms with Gasteiger partial charge in [0.25, 0.3) is 0 Å². The molecular formula is C5H12NO4PS. The maximum Gasteiger partial charge on any atom is 0.320 e. The highest BCUT2D eigenvalue weighted by Gasteiger charge is 2.13. The number of carboxylic acid groups (broad SMARTS) is 1. The third kappa shape index (κ3) is 6.69. The predicted octanol–water partition coefficient (Wildman–Crippen LogP) is -0.527. The molecule has 0 aliphatic heterocycles. The molecule has 7 heteroatoms. The Morgan fingerprint density at radius 1 is 1.58 bits per heavy atom. The largest absolute Gasteiger partial charge is 0.480 e. The standard InChI is InChI=1S/C5H12NO4PS/c6-4(5(7)8)2-1-3-11(9,10)12/h4H,1-3,6H2,(H,7,8)(H2,9,10,12)/t4-/m1/s1. The van der Waals surface area contributed by atoms with E-state index in [0.717, 1.165) is 0 Å². The first-order valence-electron chi connectivity index (χ1n) is 3.36. The number of hydrogen-bond donors (Lipinski definition) is 4. The fourth-order valence-electron chi connectivity index (χ4n) is 0.641. The minimum atomic E-state index is -3.17. The normalized spacial score (nSPS) is 14.2.